The summed E-state index contributed by atoms with van der Waals surface area (Å²) in [6.45, 7) is 2.46. The van der Waals surface area contributed by atoms with Gasteiger partial charge in [-0.1, -0.05) is 0 Å². The van der Waals surface area contributed by atoms with E-state index in [1.807, 2.05) is 6.26 Å². The van der Waals surface area contributed by atoms with Crippen molar-refractivity contribution in [3.05, 3.63) is 12.3 Å². The lowest BCUT2D eigenvalue weighted by molar-refractivity contribution is 0.0605. The van der Waals surface area contributed by atoms with E-state index in [0.717, 1.165) is 17.8 Å². The molecule has 1 saturated carbocycles. The largest absolute Gasteiger partial charge is 0.498 e. The summed E-state index contributed by atoms with van der Waals surface area (Å²) in [5.41, 5.74) is 0. The molecule has 1 saturated heterocycles. The van der Waals surface area contributed by atoms with Crippen LogP contribution >= 0.6 is 0 Å². The summed E-state index contributed by atoms with van der Waals surface area (Å²) in [6, 6.07) is 0. The molecule has 4 unspecified atom stereocenters. The van der Waals surface area contributed by atoms with Crippen LogP contribution in [0, 0.1) is 17.8 Å². The lowest BCUT2D eigenvalue weighted by Gasteiger charge is -2.32. The quantitative estimate of drug-likeness (QED) is 0.581. The van der Waals surface area contributed by atoms with Crippen LogP contribution in [0.1, 0.15) is 12.8 Å². The van der Waals surface area contributed by atoms with Gasteiger partial charge in [-0.25, -0.2) is 0 Å². The van der Waals surface area contributed by atoms with Crippen molar-refractivity contribution in [2.24, 2.45) is 17.8 Å². The molecule has 2 heterocycles. The molecule has 1 aliphatic carbocycles. The topological polar surface area (TPSA) is 21.3 Å². The van der Waals surface area contributed by atoms with Crippen LogP contribution in [0.5, 0.6) is 0 Å². The van der Waals surface area contributed by atoms with E-state index in [9.17, 15) is 0 Å². The lowest BCUT2D eigenvalue weighted by atomic mass is 9.75. The van der Waals surface area contributed by atoms with Gasteiger partial charge in [-0.05, 0) is 43.8 Å². The number of rotatable bonds is 0. The first-order chi connectivity index (χ1) is 5.93. The molecule has 2 fully saturated rings. The molecular formula is C10H15NO. The summed E-state index contributed by atoms with van der Waals surface area (Å²) in [7, 11) is 0. The smallest absolute Gasteiger partial charge is 0.104 e. The van der Waals surface area contributed by atoms with Gasteiger partial charge < -0.3 is 10.1 Å². The minimum atomic E-state index is 0.520. The van der Waals surface area contributed by atoms with E-state index in [1.54, 1.807) is 0 Å². The molecule has 66 valence electrons. The number of hydrogen-bond acceptors (Lipinski definition) is 2. The van der Waals surface area contributed by atoms with Gasteiger partial charge in [0.25, 0.3) is 0 Å². The van der Waals surface area contributed by atoms with E-state index in [4.69, 9.17) is 4.74 Å². The first-order valence-electron chi connectivity index (χ1n) is 4.96. The fraction of sp³-hybridized carbons (Fsp3) is 0.800. The Balaban J connectivity index is 1.78. The van der Waals surface area contributed by atoms with Gasteiger partial charge in [0.15, 0.2) is 0 Å². The highest BCUT2D eigenvalue weighted by Gasteiger charge is 2.40. The molecule has 3 rings (SSSR count). The molecule has 2 nitrogen and oxygen atoms in total. The van der Waals surface area contributed by atoms with Crippen molar-refractivity contribution in [1.82, 2.24) is 5.32 Å². The Morgan fingerprint density at radius 1 is 1.17 bits per heavy atom. The number of hydrogen-bond donors (Lipinski definition) is 1. The fourth-order valence-corrected chi connectivity index (χ4v) is 2.92. The van der Waals surface area contributed by atoms with Crippen molar-refractivity contribution in [2.45, 2.75) is 18.9 Å². The van der Waals surface area contributed by atoms with Gasteiger partial charge in [0.1, 0.15) is 6.10 Å². The van der Waals surface area contributed by atoms with Crippen LogP contribution in [0.15, 0.2) is 12.3 Å². The Bertz CT molecular complexity index is 214. The molecule has 0 amide bonds. The summed E-state index contributed by atoms with van der Waals surface area (Å²) < 4.78 is 5.56. The van der Waals surface area contributed by atoms with Gasteiger partial charge in [-0.2, -0.15) is 0 Å². The molecule has 0 aromatic carbocycles. The predicted molar refractivity (Wildman–Crippen MR) is 46.6 cm³/mol. The second kappa shape index (κ2) is 2.49. The van der Waals surface area contributed by atoms with Crippen molar-refractivity contribution >= 4 is 0 Å². The second-order valence-corrected chi connectivity index (χ2v) is 4.32. The molecule has 0 spiro atoms. The SMILES string of the molecule is C1=CC2CC3CNCC3CC2O1. The van der Waals surface area contributed by atoms with Crippen molar-refractivity contribution < 1.29 is 4.74 Å². The Labute approximate surface area is 73.0 Å². The van der Waals surface area contributed by atoms with Gasteiger partial charge in [-0.15, -0.1) is 0 Å². The van der Waals surface area contributed by atoms with E-state index in [1.165, 1.54) is 25.9 Å². The van der Waals surface area contributed by atoms with Crippen molar-refractivity contribution in [3.8, 4) is 0 Å². The Morgan fingerprint density at radius 3 is 2.92 bits per heavy atom. The minimum absolute atomic E-state index is 0.520. The molecule has 0 radical (unpaired) electrons. The van der Waals surface area contributed by atoms with Crippen LogP contribution in [0.4, 0.5) is 0 Å². The molecule has 0 bridgehead atoms. The highest BCUT2D eigenvalue weighted by molar-refractivity contribution is 5.03. The minimum Gasteiger partial charge on any atom is -0.498 e. The highest BCUT2D eigenvalue weighted by atomic mass is 16.5. The molecule has 2 aliphatic heterocycles. The van der Waals surface area contributed by atoms with Crippen LogP contribution < -0.4 is 5.32 Å². The summed E-state index contributed by atoms with van der Waals surface area (Å²) in [6.07, 6.45) is 7.29. The average molecular weight is 165 g/mol. The molecule has 3 aliphatic rings. The summed E-state index contributed by atoms with van der Waals surface area (Å²) in [5.74, 6) is 2.55. The monoisotopic (exact) mass is 165 g/mol. The summed E-state index contributed by atoms with van der Waals surface area (Å²) in [4.78, 5) is 0. The number of ether oxygens (including phenoxy) is 1. The van der Waals surface area contributed by atoms with Crippen LogP contribution in [-0.2, 0) is 4.74 Å². The first-order valence-corrected chi connectivity index (χ1v) is 4.96. The van der Waals surface area contributed by atoms with E-state index in [-0.39, 0.29) is 0 Å². The van der Waals surface area contributed by atoms with Crippen LogP contribution in [0.2, 0.25) is 0 Å². The van der Waals surface area contributed by atoms with Crippen molar-refractivity contribution in [2.75, 3.05) is 13.1 Å². The Kier molecular flexibility index (Phi) is 1.44. The Hall–Kier alpha value is -0.500. The van der Waals surface area contributed by atoms with Crippen LogP contribution in [0.3, 0.4) is 0 Å². The molecule has 0 aromatic rings. The molecule has 0 aromatic heterocycles. The van der Waals surface area contributed by atoms with E-state index in [0.29, 0.717) is 6.10 Å². The number of nitrogens with one attached hydrogen (secondary N) is 1. The highest BCUT2D eigenvalue weighted by Crippen LogP contribution is 2.40. The van der Waals surface area contributed by atoms with Gasteiger partial charge >= 0.3 is 0 Å². The molecule has 2 heteroatoms. The molecular weight excluding hydrogens is 150 g/mol. The normalized spacial score (nSPS) is 50.0. The third-order valence-electron chi connectivity index (χ3n) is 3.65. The van der Waals surface area contributed by atoms with E-state index < -0.39 is 0 Å². The zero-order valence-electron chi connectivity index (χ0n) is 7.20. The van der Waals surface area contributed by atoms with Crippen LogP contribution in [-0.4, -0.2) is 19.2 Å². The van der Waals surface area contributed by atoms with Crippen molar-refractivity contribution in [3.63, 3.8) is 0 Å². The first kappa shape index (κ1) is 6.96. The zero-order chi connectivity index (χ0) is 7.97. The average Bonchev–Trinajstić information content (AvgIpc) is 2.64. The van der Waals surface area contributed by atoms with Crippen LogP contribution in [0.25, 0.3) is 0 Å². The number of fused-ring (bicyclic) bond motifs is 2. The lowest BCUT2D eigenvalue weighted by Crippen LogP contribution is -2.32. The second-order valence-electron chi connectivity index (χ2n) is 4.32. The Morgan fingerprint density at radius 2 is 2.00 bits per heavy atom. The van der Waals surface area contributed by atoms with Crippen molar-refractivity contribution in [1.29, 1.82) is 0 Å². The summed E-state index contributed by atoms with van der Waals surface area (Å²) >= 11 is 0. The molecule has 1 N–H and O–H groups in total. The standard InChI is InChI=1S/C10H15NO/c1-2-12-10-4-9-6-11-5-8(9)3-7(1)10/h1-2,7-11H,3-6H2. The third kappa shape index (κ3) is 0.908. The fourth-order valence-electron chi connectivity index (χ4n) is 2.92. The molecule has 4 atom stereocenters. The maximum atomic E-state index is 5.56. The van der Waals surface area contributed by atoms with E-state index in [2.05, 4.69) is 11.4 Å². The third-order valence-corrected chi connectivity index (χ3v) is 3.65. The van der Waals surface area contributed by atoms with Gasteiger partial charge in [0.2, 0.25) is 0 Å². The molecule has 12 heavy (non-hydrogen) atoms. The zero-order valence-corrected chi connectivity index (χ0v) is 7.20. The summed E-state index contributed by atoms with van der Waals surface area (Å²) in [5, 5.41) is 3.47. The maximum Gasteiger partial charge on any atom is 0.104 e. The predicted octanol–water partition coefficient (Wildman–Crippen LogP) is 1.14. The maximum absolute atomic E-state index is 5.56. The van der Waals surface area contributed by atoms with E-state index >= 15 is 0 Å². The van der Waals surface area contributed by atoms with Gasteiger partial charge in [-0.3, -0.25) is 0 Å². The van der Waals surface area contributed by atoms with Gasteiger partial charge in [0.05, 0.1) is 6.26 Å². The van der Waals surface area contributed by atoms with Gasteiger partial charge in [0, 0.05) is 5.92 Å².